The molecule has 7 rings (SSSR count). The van der Waals surface area contributed by atoms with Gasteiger partial charge in [-0.25, -0.2) is 9.37 Å². The number of benzene rings is 1. The van der Waals surface area contributed by atoms with Crippen LogP contribution in [0.25, 0.3) is 22.4 Å². The molecule has 4 bridgehead atoms. The largest absolute Gasteiger partial charge is 0.352 e. The minimum atomic E-state index is -0.440. The highest BCUT2D eigenvalue weighted by Crippen LogP contribution is 2.61. The lowest BCUT2D eigenvalue weighted by atomic mass is 9.48. The van der Waals surface area contributed by atoms with Crippen molar-refractivity contribution in [3.05, 3.63) is 46.8 Å². The van der Waals surface area contributed by atoms with Crippen LogP contribution < -0.4 is 10.9 Å². The standard InChI is InChI=1S/C26H29FN4O3/c1-15(9-26-10-16-5-17(11-26)7-18(6-16)12-26)29-21(32)13-31-14-28-24-22(25(31)33)23(30-34-24)19-3-2-4-20(27)8-19/h2-4,8,14-18H,5-7,9-13H2,1H3,(H,29,32). The molecule has 178 valence electrons. The molecular weight excluding hydrogens is 435 g/mol. The van der Waals surface area contributed by atoms with Crippen LogP contribution in [0.15, 0.2) is 39.9 Å². The highest BCUT2D eigenvalue weighted by Gasteiger charge is 2.51. The average molecular weight is 465 g/mol. The fraction of sp³-hybridized carbons (Fsp3) is 0.538. The number of rotatable bonds is 6. The van der Waals surface area contributed by atoms with E-state index in [0.29, 0.717) is 11.0 Å². The quantitative estimate of drug-likeness (QED) is 0.587. The molecule has 2 aromatic heterocycles. The Morgan fingerprint density at radius 3 is 2.62 bits per heavy atom. The van der Waals surface area contributed by atoms with Crippen LogP contribution in [0.1, 0.15) is 51.9 Å². The van der Waals surface area contributed by atoms with Crippen LogP contribution in [-0.4, -0.2) is 26.7 Å². The molecule has 0 aliphatic heterocycles. The van der Waals surface area contributed by atoms with Gasteiger partial charge in [-0.1, -0.05) is 17.3 Å². The van der Waals surface area contributed by atoms with Crippen LogP contribution in [0.4, 0.5) is 4.39 Å². The van der Waals surface area contributed by atoms with Gasteiger partial charge in [0.05, 0.1) is 0 Å². The van der Waals surface area contributed by atoms with Crippen molar-refractivity contribution in [3.8, 4) is 11.3 Å². The summed E-state index contributed by atoms with van der Waals surface area (Å²) >= 11 is 0. The second kappa shape index (κ2) is 8.03. The number of fused-ring (bicyclic) bond motifs is 1. The number of nitrogens with one attached hydrogen (secondary N) is 1. The topological polar surface area (TPSA) is 90.0 Å². The van der Waals surface area contributed by atoms with Gasteiger partial charge in [0.1, 0.15) is 29.8 Å². The smallest absolute Gasteiger partial charge is 0.267 e. The van der Waals surface area contributed by atoms with Gasteiger partial charge in [0, 0.05) is 11.6 Å². The van der Waals surface area contributed by atoms with Crippen molar-refractivity contribution in [2.24, 2.45) is 23.2 Å². The summed E-state index contributed by atoms with van der Waals surface area (Å²) in [6, 6.07) is 5.84. The first-order valence-electron chi connectivity index (χ1n) is 12.3. The fourth-order valence-corrected chi connectivity index (χ4v) is 7.54. The summed E-state index contributed by atoms with van der Waals surface area (Å²) in [5.41, 5.74) is 0.646. The summed E-state index contributed by atoms with van der Waals surface area (Å²) in [7, 11) is 0. The second-order valence-corrected chi connectivity index (χ2v) is 11.0. The molecule has 7 nitrogen and oxygen atoms in total. The van der Waals surface area contributed by atoms with E-state index in [1.807, 2.05) is 0 Å². The summed E-state index contributed by atoms with van der Waals surface area (Å²) in [5.74, 6) is 1.97. The predicted molar refractivity (Wildman–Crippen MR) is 124 cm³/mol. The number of aromatic nitrogens is 3. The number of hydrogen-bond acceptors (Lipinski definition) is 5. The molecule has 1 N–H and O–H groups in total. The van der Waals surface area contributed by atoms with Crippen LogP contribution in [0.5, 0.6) is 0 Å². The Kier molecular flexibility index (Phi) is 5.08. The van der Waals surface area contributed by atoms with Gasteiger partial charge in [0.2, 0.25) is 5.91 Å². The zero-order valence-electron chi connectivity index (χ0n) is 19.3. The maximum atomic E-state index is 13.7. The lowest BCUT2D eigenvalue weighted by molar-refractivity contribution is -0.123. The number of carbonyl (C=O) groups excluding carboxylic acids is 1. The van der Waals surface area contributed by atoms with Crippen molar-refractivity contribution < 1.29 is 13.7 Å². The first kappa shape index (κ1) is 21.5. The van der Waals surface area contributed by atoms with E-state index in [9.17, 15) is 14.0 Å². The monoisotopic (exact) mass is 464 g/mol. The van der Waals surface area contributed by atoms with Crippen LogP contribution >= 0.6 is 0 Å². The normalized spacial score (nSPS) is 28.4. The molecule has 0 saturated heterocycles. The van der Waals surface area contributed by atoms with Crippen molar-refractivity contribution in [1.29, 1.82) is 0 Å². The van der Waals surface area contributed by atoms with E-state index in [1.54, 1.807) is 12.1 Å². The van der Waals surface area contributed by atoms with Gasteiger partial charge in [-0.3, -0.25) is 14.2 Å². The molecule has 0 spiro atoms. The first-order valence-corrected chi connectivity index (χ1v) is 12.3. The van der Waals surface area contributed by atoms with Gasteiger partial charge in [-0.05, 0) is 87.2 Å². The van der Waals surface area contributed by atoms with Crippen LogP contribution in [0, 0.1) is 29.0 Å². The summed E-state index contributed by atoms with van der Waals surface area (Å²) in [5, 5.41) is 7.17. The molecule has 0 radical (unpaired) electrons. The minimum absolute atomic E-state index is 0.0505. The molecular formula is C26H29FN4O3. The Morgan fingerprint density at radius 1 is 1.24 bits per heavy atom. The maximum Gasteiger partial charge on any atom is 0.267 e. The minimum Gasteiger partial charge on any atom is -0.352 e. The second-order valence-electron chi connectivity index (χ2n) is 11.0. The van der Waals surface area contributed by atoms with Crippen LogP contribution in [-0.2, 0) is 11.3 Å². The summed E-state index contributed by atoms with van der Waals surface area (Å²) in [6.07, 6.45) is 10.4. The van der Waals surface area contributed by atoms with E-state index < -0.39 is 11.4 Å². The summed E-state index contributed by atoms with van der Waals surface area (Å²) in [6.45, 7) is 1.93. The van der Waals surface area contributed by atoms with E-state index >= 15 is 0 Å². The van der Waals surface area contributed by atoms with Crippen molar-refractivity contribution in [2.45, 2.75) is 64.5 Å². The molecule has 4 fully saturated rings. The van der Waals surface area contributed by atoms with Gasteiger partial charge in [0.25, 0.3) is 11.3 Å². The Hall–Kier alpha value is -3.03. The molecule has 4 saturated carbocycles. The number of carbonyl (C=O) groups is 1. The van der Waals surface area contributed by atoms with Crippen molar-refractivity contribution >= 4 is 17.0 Å². The molecule has 1 aromatic carbocycles. The lowest BCUT2D eigenvalue weighted by Gasteiger charge is -2.57. The molecule has 4 aliphatic carbocycles. The maximum absolute atomic E-state index is 13.7. The molecule has 4 aliphatic rings. The zero-order chi connectivity index (χ0) is 23.4. The Labute approximate surface area is 196 Å². The molecule has 1 amide bonds. The van der Waals surface area contributed by atoms with E-state index in [4.69, 9.17) is 4.52 Å². The van der Waals surface area contributed by atoms with Crippen molar-refractivity contribution in [3.63, 3.8) is 0 Å². The fourth-order valence-electron chi connectivity index (χ4n) is 7.54. The number of hydrogen-bond donors (Lipinski definition) is 1. The highest BCUT2D eigenvalue weighted by molar-refractivity contribution is 5.88. The van der Waals surface area contributed by atoms with E-state index in [1.165, 1.54) is 61.6 Å². The SMILES string of the molecule is CC(CC12CC3CC(CC(C3)C1)C2)NC(=O)Cn1cnc2onc(-c3cccc(F)c3)c2c1=O. The first-order chi connectivity index (χ1) is 16.4. The lowest BCUT2D eigenvalue weighted by Crippen LogP contribution is -2.49. The zero-order valence-corrected chi connectivity index (χ0v) is 19.3. The third kappa shape index (κ3) is 3.83. The number of amides is 1. The van der Waals surface area contributed by atoms with Crippen LogP contribution in [0.2, 0.25) is 0 Å². The average Bonchev–Trinajstić information content (AvgIpc) is 3.19. The number of nitrogens with zero attached hydrogens (tertiary/aromatic N) is 3. The van der Waals surface area contributed by atoms with Crippen molar-refractivity contribution in [1.82, 2.24) is 20.0 Å². The molecule has 34 heavy (non-hydrogen) atoms. The van der Waals surface area contributed by atoms with Gasteiger partial charge in [0.15, 0.2) is 0 Å². The summed E-state index contributed by atoms with van der Waals surface area (Å²) in [4.78, 5) is 30.1. The van der Waals surface area contributed by atoms with Gasteiger partial charge < -0.3 is 9.84 Å². The van der Waals surface area contributed by atoms with Gasteiger partial charge in [-0.2, -0.15) is 0 Å². The Balaban J connectivity index is 1.17. The van der Waals surface area contributed by atoms with Gasteiger partial charge in [-0.15, -0.1) is 0 Å². The highest BCUT2D eigenvalue weighted by atomic mass is 19.1. The van der Waals surface area contributed by atoms with E-state index in [2.05, 4.69) is 22.4 Å². The van der Waals surface area contributed by atoms with Crippen molar-refractivity contribution in [2.75, 3.05) is 0 Å². The molecule has 8 heteroatoms. The van der Waals surface area contributed by atoms with Crippen LogP contribution in [0.3, 0.4) is 0 Å². The van der Waals surface area contributed by atoms with E-state index in [-0.39, 0.29) is 35.3 Å². The van der Waals surface area contributed by atoms with Gasteiger partial charge >= 0.3 is 0 Å². The summed E-state index contributed by atoms with van der Waals surface area (Å²) < 4.78 is 20.1. The molecule has 2 heterocycles. The Morgan fingerprint density at radius 2 is 1.94 bits per heavy atom. The molecule has 3 aromatic rings. The third-order valence-electron chi connectivity index (χ3n) is 8.19. The number of halogens is 1. The predicted octanol–water partition coefficient (Wildman–Crippen LogP) is 4.30. The third-order valence-corrected chi connectivity index (χ3v) is 8.19. The molecule has 1 unspecified atom stereocenters. The van der Waals surface area contributed by atoms with E-state index in [0.717, 1.165) is 24.2 Å². The Bertz CT molecular complexity index is 1280. The molecule has 1 atom stereocenters.